The highest BCUT2D eigenvalue weighted by molar-refractivity contribution is 6.17. The molecular weight excluding hydrogens is 264 g/mol. The van der Waals surface area contributed by atoms with E-state index in [9.17, 15) is 0 Å². The van der Waals surface area contributed by atoms with Crippen LogP contribution < -0.4 is 0 Å². The van der Waals surface area contributed by atoms with E-state index in [4.69, 9.17) is 0 Å². The minimum atomic E-state index is 0.0502. The highest BCUT2D eigenvalue weighted by Crippen LogP contribution is 2.59. The van der Waals surface area contributed by atoms with Crippen LogP contribution in [0.1, 0.15) is 42.0 Å². The van der Waals surface area contributed by atoms with E-state index in [1.165, 1.54) is 38.2 Å². The molecule has 22 heavy (non-hydrogen) atoms. The Kier molecular flexibility index (Phi) is 1.64. The Bertz CT molecular complexity index is 1090. The van der Waals surface area contributed by atoms with Crippen LogP contribution in [0.2, 0.25) is 0 Å². The SMILES string of the molecule is C[C@H]1C=C2C=Cc3ccc4ccc5ccc1c1c5c4c3[C@@]21C. The van der Waals surface area contributed by atoms with Crippen LogP contribution in [0.3, 0.4) is 0 Å². The first-order chi connectivity index (χ1) is 10.7. The minimum Gasteiger partial charge on any atom is -0.0728 e. The van der Waals surface area contributed by atoms with Crippen molar-refractivity contribution in [1.82, 2.24) is 0 Å². The third kappa shape index (κ3) is 0.955. The summed E-state index contributed by atoms with van der Waals surface area (Å²) in [5.41, 5.74) is 7.57. The molecular formula is C22H16. The lowest BCUT2D eigenvalue weighted by molar-refractivity contribution is 0.662. The van der Waals surface area contributed by atoms with Crippen LogP contribution in [0.25, 0.3) is 27.6 Å². The summed E-state index contributed by atoms with van der Waals surface area (Å²) in [4.78, 5) is 0. The molecule has 0 radical (unpaired) electrons. The van der Waals surface area contributed by atoms with Crippen molar-refractivity contribution in [3.05, 3.63) is 76.4 Å². The van der Waals surface area contributed by atoms with Crippen LogP contribution in [0.4, 0.5) is 0 Å². The molecule has 0 heterocycles. The van der Waals surface area contributed by atoms with Crippen LogP contribution in [-0.2, 0) is 5.41 Å². The lowest BCUT2D eigenvalue weighted by atomic mass is 9.63. The summed E-state index contributed by atoms with van der Waals surface area (Å²) < 4.78 is 0. The maximum absolute atomic E-state index is 2.47. The van der Waals surface area contributed by atoms with Crippen molar-refractivity contribution >= 4 is 27.6 Å². The monoisotopic (exact) mass is 280 g/mol. The van der Waals surface area contributed by atoms with Gasteiger partial charge >= 0.3 is 0 Å². The first-order valence-corrected chi connectivity index (χ1v) is 8.13. The lowest BCUT2D eigenvalue weighted by Gasteiger charge is -2.39. The van der Waals surface area contributed by atoms with Gasteiger partial charge in [0.25, 0.3) is 0 Å². The van der Waals surface area contributed by atoms with Crippen LogP contribution in [0.15, 0.2) is 54.1 Å². The Morgan fingerprint density at radius 3 is 2.32 bits per heavy atom. The zero-order chi connectivity index (χ0) is 14.6. The molecule has 0 aromatic heterocycles. The first kappa shape index (κ1) is 11.3. The summed E-state index contributed by atoms with van der Waals surface area (Å²) in [5.74, 6) is 0.498. The molecule has 0 heteroatoms. The molecule has 2 atom stereocenters. The molecule has 3 aliphatic rings. The van der Waals surface area contributed by atoms with Gasteiger partial charge in [0.1, 0.15) is 0 Å². The largest absolute Gasteiger partial charge is 0.0728 e. The van der Waals surface area contributed by atoms with Gasteiger partial charge in [-0.1, -0.05) is 61.5 Å². The maximum Gasteiger partial charge on any atom is 0.0441 e. The molecule has 0 spiro atoms. The van der Waals surface area contributed by atoms with E-state index in [0.717, 1.165) is 0 Å². The zero-order valence-corrected chi connectivity index (χ0v) is 12.8. The number of rotatable bonds is 0. The first-order valence-electron chi connectivity index (χ1n) is 8.13. The molecule has 0 nitrogen and oxygen atoms in total. The van der Waals surface area contributed by atoms with E-state index in [-0.39, 0.29) is 5.41 Å². The van der Waals surface area contributed by atoms with Gasteiger partial charge in [-0.3, -0.25) is 0 Å². The van der Waals surface area contributed by atoms with Gasteiger partial charge in [-0.15, -0.1) is 0 Å². The van der Waals surface area contributed by atoms with E-state index in [2.05, 4.69) is 68.5 Å². The highest BCUT2D eigenvalue weighted by Gasteiger charge is 2.46. The predicted octanol–water partition coefficient (Wildman–Crippen LogP) is 5.68. The Hall–Kier alpha value is -2.34. The molecule has 6 rings (SSSR count). The van der Waals surface area contributed by atoms with Crippen molar-refractivity contribution in [1.29, 1.82) is 0 Å². The predicted molar refractivity (Wildman–Crippen MR) is 93.4 cm³/mol. The van der Waals surface area contributed by atoms with Crippen molar-refractivity contribution in [2.45, 2.75) is 25.2 Å². The average Bonchev–Trinajstić information content (AvgIpc) is 2.82. The summed E-state index contributed by atoms with van der Waals surface area (Å²) in [6.45, 7) is 4.77. The highest BCUT2D eigenvalue weighted by atomic mass is 14.5. The molecule has 0 aliphatic heterocycles. The second-order valence-corrected chi connectivity index (χ2v) is 7.19. The fourth-order valence-corrected chi connectivity index (χ4v) is 5.20. The summed E-state index contributed by atoms with van der Waals surface area (Å²) in [6, 6.07) is 13.8. The lowest BCUT2D eigenvalue weighted by Crippen LogP contribution is -2.30. The number of hydrogen-bond donors (Lipinski definition) is 0. The number of allylic oxidation sites excluding steroid dienone is 3. The van der Waals surface area contributed by atoms with Gasteiger partial charge < -0.3 is 0 Å². The molecule has 3 aromatic rings. The Labute approximate surface area is 129 Å². The molecule has 3 aliphatic carbocycles. The number of hydrogen-bond acceptors (Lipinski definition) is 0. The van der Waals surface area contributed by atoms with Gasteiger partial charge in [0, 0.05) is 5.41 Å². The summed E-state index contributed by atoms with van der Waals surface area (Å²) in [5, 5.41) is 5.79. The normalized spacial score (nSPS) is 26.5. The van der Waals surface area contributed by atoms with Crippen LogP contribution in [0, 0.1) is 0 Å². The molecule has 3 aromatic carbocycles. The standard InChI is InChI=1S/C22H16/c1-12-11-16-9-7-15-6-5-13-3-4-14-8-10-17(12)21-19(14)18(13)20(15)22(16,21)2/h3-12H,1-2H3/t12-,22+/m0/s1. The van der Waals surface area contributed by atoms with E-state index in [1.807, 2.05) is 0 Å². The van der Waals surface area contributed by atoms with Crippen molar-refractivity contribution < 1.29 is 0 Å². The van der Waals surface area contributed by atoms with E-state index < -0.39 is 0 Å². The Morgan fingerprint density at radius 2 is 1.50 bits per heavy atom. The Balaban J connectivity index is 2.04. The average molecular weight is 280 g/mol. The summed E-state index contributed by atoms with van der Waals surface area (Å²) in [7, 11) is 0. The fraction of sp³-hybridized carbons (Fsp3) is 0.182. The van der Waals surface area contributed by atoms with Gasteiger partial charge in [-0.25, -0.2) is 0 Å². The molecule has 0 amide bonds. The summed E-state index contributed by atoms with van der Waals surface area (Å²) in [6.07, 6.45) is 7.13. The van der Waals surface area contributed by atoms with Crippen molar-refractivity contribution in [3.8, 4) is 0 Å². The zero-order valence-electron chi connectivity index (χ0n) is 12.8. The van der Waals surface area contributed by atoms with Crippen molar-refractivity contribution in [2.75, 3.05) is 0 Å². The Morgan fingerprint density at radius 1 is 0.818 bits per heavy atom. The maximum atomic E-state index is 2.47. The molecule has 104 valence electrons. The fourth-order valence-electron chi connectivity index (χ4n) is 5.20. The topological polar surface area (TPSA) is 0 Å². The molecule has 0 bridgehead atoms. The molecule has 0 saturated carbocycles. The molecule has 0 fully saturated rings. The molecule has 0 N–H and O–H groups in total. The van der Waals surface area contributed by atoms with Gasteiger partial charge in [0.2, 0.25) is 0 Å². The second kappa shape index (κ2) is 3.20. The van der Waals surface area contributed by atoms with Crippen molar-refractivity contribution in [3.63, 3.8) is 0 Å². The van der Waals surface area contributed by atoms with Crippen LogP contribution in [0.5, 0.6) is 0 Å². The van der Waals surface area contributed by atoms with E-state index >= 15 is 0 Å². The van der Waals surface area contributed by atoms with Gasteiger partial charge in [-0.2, -0.15) is 0 Å². The number of benzene rings is 3. The second-order valence-electron chi connectivity index (χ2n) is 7.19. The third-order valence-electron chi connectivity index (χ3n) is 6.17. The quantitative estimate of drug-likeness (QED) is 0.464. The van der Waals surface area contributed by atoms with Gasteiger partial charge in [0.05, 0.1) is 0 Å². The molecule has 0 unspecified atom stereocenters. The smallest absolute Gasteiger partial charge is 0.0441 e. The molecule has 0 saturated heterocycles. The summed E-state index contributed by atoms with van der Waals surface area (Å²) >= 11 is 0. The van der Waals surface area contributed by atoms with E-state index in [1.54, 1.807) is 11.1 Å². The van der Waals surface area contributed by atoms with E-state index in [0.29, 0.717) is 5.92 Å². The van der Waals surface area contributed by atoms with Gasteiger partial charge in [-0.05, 0) is 62.2 Å². The van der Waals surface area contributed by atoms with Gasteiger partial charge in [0.15, 0.2) is 0 Å². The van der Waals surface area contributed by atoms with Crippen LogP contribution >= 0.6 is 0 Å². The minimum absolute atomic E-state index is 0.0502. The van der Waals surface area contributed by atoms with Crippen molar-refractivity contribution in [2.24, 2.45) is 0 Å². The van der Waals surface area contributed by atoms with Crippen LogP contribution in [-0.4, -0.2) is 0 Å². The third-order valence-corrected chi connectivity index (χ3v) is 6.17.